The van der Waals surface area contributed by atoms with E-state index < -0.39 is 5.91 Å². The number of ether oxygens (including phenoxy) is 1. The molecule has 3 heterocycles. The zero-order valence-corrected chi connectivity index (χ0v) is 14.9. The van der Waals surface area contributed by atoms with Crippen molar-refractivity contribution in [1.82, 2.24) is 14.8 Å². The number of hydrogen-bond acceptors (Lipinski definition) is 5. The lowest BCUT2D eigenvalue weighted by molar-refractivity contribution is 0.0994. The molecule has 4 rings (SSSR count). The van der Waals surface area contributed by atoms with Gasteiger partial charge in [-0.25, -0.2) is 9.67 Å². The molecule has 2 N–H and O–H groups in total. The topological polar surface area (TPSA) is 86.3 Å². The number of hydrogen-bond donors (Lipinski definition) is 1. The summed E-state index contributed by atoms with van der Waals surface area (Å²) in [6.45, 7) is 3.04. The van der Waals surface area contributed by atoms with Crippen LogP contribution in [-0.2, 0) is 4.74 Å². The number of carbonyl (C=O) groups is 1. The summed E-state index contributed by atoms with van der Waals surface area (Å²) in [5, 5.41) is 5.11. The van der Waals surface area contributed by atoms with E-state index >= 15 is 0 Å². The van der Waals surface area contributed by atoms with Crippen LogP contribution in [0.5, 0.6) is 0 Å². The van der Waals surface area contributed by atoms with Gasteiger partial charge in [-0.2, -0.15) is 0 Å². The van der Waals surface area contributed by atoms with Crippen molar-refractivity contribution in [2.45, 2.75) is 0 Å². The molecule has 3 aromatic rings. The van der Waals surface area contributed by atoms with E-state index in [1.54, 1.807) is 23.0 Å². The molecule has 1 saturated heterocycles. The molecule has 0 saturated carbocycles. The number of pyridine rings is 1. The van der Waals surface area contributed by atoms with Crippen LogP contribution in [0.3, 0.4) is 0 Å². The van der Waals surface area contributed by atoms with Crippen molar-refractivity contribution in [3.63, 3.8) is 0 Å². The van der Waals surface area contributed by atoms with Gasteiger partial charge in [-0.1, -0.05) is 15.9 Å². The van der Waals surface area contributed by atoms with Gasteiger partial charge in [0.25, 0.3) is 5.91 Å². The summed E-state index contributed by atoms with van der Waals surface area (Å²) in [6.07, 6.45) is 1.64. The molecule has 0 unspecified atom stereocenters. The Labute approximate surface area is 152 Å². The highest BCUT2D eigenvalue weighted by molar-refractivity contribution is 9.10. The number of halogens is 1. The fraction of sp³-hybridized carbons (Fsp3) is 0.235. The third kappa shape index (κ3) is 2.98. The standard InChI is InChI=1S/C17H16BrN5O2/c18-11-8-12(22-4-6-25-7-5-22)10-13(9-11)23-15(16(19)24)14-2-1-3-20-17(14)21-23/h1-3,8-10H,4-7H2,(H2,19,24). The Morgan fingerprint density at radius 3 is 2.72 bits per heavy atom. The highest BCUT2D eigenvalue weighted by Crippen LogP contribution is 2.28. The number of amides is 1. The van der Waals surface area contributed by atoms with Crippen molar-refractivity contribution in [2.75, 3.05) is 31.2 Å². The maximum atomic E-state index is 12.0. The number of aromatic nitrogens is 3. The third-order valence-corrected chi connectivity index (χ3v) is 4.63. The fourth-order valence-corrected chi connectivity index (χ4v) is 3.50. The molecule has 128 valence electrons. The van der Waals surface area contributed by atoms with E-state index in [-0.39, 0.29) is 0 Å². The zero-order chi connectivity index (χ0) is 17.4. The van der Waals surface area contributed by atoms with Gasteiger partial charge in [0, 0.05) is 29.4 Å². The van der Waals surface area contributed by atoms with Gasteiger partial charge >= 0.3 is 0 Å². The largest absolute Gasteiger partial charge is 0.378 e. The average molecular weight is 402 g/mol. The van der Waals surface area contributed by atoms with Gasteiger partial charge in [0.15, 0.2) is 5.65 Å². The Morgan fingerprint density at radius 2 is 1.96 bits per heavy atom. The predicted molar refractivity (Wildman–Crippen MR) is 98.1 cm³/mol. The van der Waals surface area contributed by atoms with E-state index in [0.717, 1.165) is 28.9 Å². The van der Waals surface area contributed by atoms with E-state index in [9.17, 15) is 4.79 Å². The van der Waals surface area contributed by atoms with Crippen molar-refractivity contribution in [2.24, 2.45) is 5.73 Å². The number of benzene rings is 1. The van der Waals surface area contributed by atoms with Crippen molar-refractivity contribution in [3.05, 3.63) is 46.7 Å². The summed E-state index contributed by atoms with van der Waals surface area (Å²) < 4.78 is 7.88. The highest BCUT2D eigenvalue weighted by atomic mass is 79.9. The fourth-order valence-electron chi connectivity index (χ4n) is 3.03. The number of nitrogens with two attached hydrogens (primary N) is 1. The lowest BCUT2D eigenvalue weighted by atomic mass is 10.2. The van der Waals surface area contributed by atoms with Crippen LogP contribution in [-0.4, -0.2) is 47.0 Å². The average Bonchev–Trinajstić information content (AvgIpc) is 3.02. The molecule has 8 heteroatoms. The maximum absolute atomic E-state index is 12.0. The van der Waals surface area contributed by atoms with Crippen molar-refractivity contribution in [1.29, 1.82) is 0 Å². The number of anilines is 1. The van der Waals surface area contributed by atoms with Gasteiger partial charge in [0.05, 0.1) is 24.3 Å². The van der Waals surface area contributed by atoms with E-state index in [4.69, 9.17) is 10.5 Å². The van der Waals surface area contributed by atoms with Gasteiger partial charge in [-0.15, -0.1) is 5.10 Å². The van der Waals surface area contributed by atoms with Gasteiger partial charge in [0.2, 0.25) is 0 Å². The smallest absolute Gasteiger partial charge is 0.268 e. The number of carbonyl (C=O) groups excluding carboxylic acids is 1. The molecule has 0 atom stereocenters. The third-order valence-electron chi connectivity index (χ3n) is 4.17. The van der Waals surface area contributed by atoms with Crippen molar-refractivity contribution >= 4 is 38.6 Å². The lowest BCUT2D eigenvalue weighted by Crippen LogP contribution is -2.36. The zero-order valence-electron chi connectivity index (χ0n) is 13.4. The molecule has 0 aliphatic carbocycles. The Hall–Kier alpha value is -2.45. The first-order valence-corrected chi connectivity index (χ1v) is 8.70. The number of fused-ring (bicyclic) bond motifs is 1. The van der Waals surface area contributed by atoms with Crippen molar-refractivity contribution in [3.8, 4) is 5.69 Å². The summed E-state index contributed by atoms with van der Waals surface area (Å²) in [4.78, 5) is 18.5. The van der Waals surface area contributed by atoms with Crippen molar-refractivity contribution < 1.29 is 9.53 Å². The van der Waals surface area contributed by atoms with Crippen LogP contribution in [0.15, 0.2) is 41.0 Å². The minimum absolute atomic E-state index is 0.328. The van der Waals surface area contributed by atoms with Crippen LogP contribution in [0.1, 0.15) is 10.5 Å². The number of morpholine rings is 1. The Kier molecular flexibility index (Phi) is 4.14. The molecule has 25 heavy (non-hydrogen) atoms. The first kappa shape index (κ1) is 16.0. The molecule has 1 aromatic carbocycles. The summed E-state index contributed by atoms with van der Waals surface area (Å²) in [5.41, 5.74) is 8.22. The molecule has 1 aliphatic rings. The van der Waals surface area contributed by atoms with Gasteiger partial charge in [0.1, 0.15) is 5.69 Å². The molecule has 2 aromatic heterocycles. The number of primary amides is 1. The van der Waals surface area contributed by atoms with Crippen LogP contribution >= 0.6 is 15.9 Å². The minimum Gasteiger partial charge on any atom is -0.378 e. The molecule has 0 spiro atoms. The first-order valence-electron chi connectivity index (χ1n) is 7.91. The van der Waals surface area contributed by atoms with Crippen LogP contribution < -0.4 is 10.6 Å². The Morgan fingerprint density at radius 1 is 1.20 bits per heavy atom. The molecule has 1 aliphatic heterocycles. The van der Waals surface area contributed by atoms with E-state index in [0.29, 0.717) is 29.9 Å². The van der Waals surface area contributed by atoms with Gasteiger partial charge in [-0.3, -0.25) is 4.79 Å². The second-order valence-electron chi connectivity index (χ2n) is 5.77. The minimum atomic E-state index is -0.539. The SMILES string of the molecule is NC(=O)c1c2cccnc2nn1-c1cc(Br)cc(N2CCOCC2)c1. The second kappa shape index (κ2) is 6.45. The van der Waals surface area contributed by atoms with Crippen LogP contribution in [0.2, 0.25) is 0 Å². The number of nitrogens with zero attached hydrogens (tertiary/aromatic N) is 4. The van der Waals surface area contributed by atoms with Crippen LogP contribution in [0.25, 0.3) is 16.7 Å². The van der Waals surface area contributed by atoms with E-state index in [2.05, 4.69) is 30.9 Å². The number of rotatable bonds is 3. The van der Waals surface area contributed by atoms with Crippen LogP contribution in [0, 0.1) is 0 Å². The maximum Gasteiger partial charge on any atom is 0.268 e. The first-order chi connectivity index (χ1) is 12.1. The summed E-state index contributed by atoms with van der Waals surface area (Å²) >= 11 is 3.55. The molecule has 0 radical (unpaired) electrons. The monoisotopic (exact) mass is 401 g/mol. The quantitative estimate of drug-likeness (QED) is 0.726. The lowest BCUT2D eigenvalue weighted by Gasteiger charge is -2.29. The summed E-state index contributed by atoms with van der Waals surface area (Å²) in [6, 6.07) is 9.50. The van der Waals surface area contributed by atoms with Gasteiger partial charge < -0.3 is 15.4 Å². The summed E-state index contributed by atoms with van der Waals surface area (Å²) in [7, 11) is 0. The predicted octanol–water partition coefficient (Wildman–Crippen LogP) is 2.12. The molecule has 1 amide bonds. The van der Waals surface area contributed by atoms with Crippen LogP contribution in [0.4, 0.5) is 5.69 Å². The molecular formula is C17H16BrN5O2. The Balaban J connectivity index is 1.87. The molecule has 0 bridgehead atoms. The van der Waals surface area contributed by atoms with E-state index in [1.165, 1.54) is 0 Å². The Bertz CT molecular complexity index is 949. The molecule has 7 nitrogen and oxygen atoms in total. The van der Waals surface area contributed by atoms with E-state index in [1.807, 2.05) is 18.2 Å². The second-order valence-corrected chi connectivity index (χ2v) is 6.68. The molecule has 1 fully saturated rings. The normalized spacial score (nSPS) is 14.8. The summed E-state index contributed by atoms with van der Waals surface area (Å²) in [5.74, 6) is -0.539. The van der Waals surface area contributed by atoms with Gasteiger partial charge in [-0.05, 0) is 30.3 Å². The highest BCUT2D eigenvalue weighted by Gasteiger charge is 2.19. The molecular weight excluding hydrogens is 386 g/mol.